The third kappa shape index (κ3) is 2.76. The van der Waals surface area contributed by atoms with Crippen LogP contribution in [0.5, 0.6) is 0 Å². The standard InChI is InChI=1S/C15H14Cl2N2OS/c16-12-7-10(18)6-11(14(12)17)15(20)19-4-1-2-13(19)9-3-5-21-8-9/h3,5-8,13H,1-2,4,18H2. The number of anilines is 1. The van der Waals surface area contributed by atoms with Crippen LogP contribution in [0.15, 0.2) is 29.0 Å². The molecule has 1 aliphatic heterocycles. The van der Waals surface area contributed by atoms with E-state index in [1.54, 1.807) is 23.5 Å². The van der Waals surface area contributed by atoms with Crippen LogP contribution in [0.2, 0.25) is 10.0 Å². The Balaban J connectivity index is 1.95. The summed E-state index contributed by atoms with van der Waals surface area (Å²) in [4.78, 5) is 14.7. The summed E-state index contributed by atoms with van der Waals surface area (Å²) < 4.78 is 0. The Hall–Kier alpha value is -1.23. The number of carbonyl (C=O) groups is 1. The first kappa shape index (κ1) is 14.7. The van der Waals surface area contributed by atoms with Gasteiger partial charge in [-0.2, -0.15) is 11.3 Å². The van der Waals surface area contributed by atoms with Crippen molar-refractivity contribution in [2.45, 2.75) is 18.9 Å². The molecule has 3 nitrogen and oxygen atoms in total. The van der Waals surface area contributed by atoms with Crippen LogP contribution in [0.1, 0.15) is 34.8 Å². The summed E-state index contributed by atoms with van der Waals surface area (Å²) >= 11 is 13.8. The average molecular weight is 341 g/mol. The summed E-state index contributed by atoms with van der Waals surface area (Å²) in [7, 11) is 0. The first-order chi connectivity index (χ1) is 10.1. The molecule has 1 aromatic heterocycles. The Morgan fingerprint density at radius 1 is 1.38 bits per heavy atom. The third-order valence-electron chi connectivity index (χ3n) is 3.72. The Morgan fingerprint density at radius 2 is 2.19 bits per heavy atom. The first-order valence-electron chi connectivity index (χ1n) is 6.65. The second-order valence-electron chi connectivity index (χ2n) is 5.08. The lowest BCUT2D eigenvalue weighted by molar-refractivity contribution is 0.0736. The quantitative estimate of drug-likeness (QED) is 0.811. The number of hydrogen-bond acceptors (Lipinski definition) is 3. The summed E-state index contributed by atoms with van der Waals surface area (Å²) in [5, 5.41) is 4.70. The van der Waals surface area contributed by atoms with Gasteiger partial charge in [0.25, 0.3) is 5.91 Å². The number of hydrogen-bond donors (Lipinski definition) is 1. The van der Waals surface area contributed by atoms with Crippen molar-refractivity contribution in [2.24, 2.45) is 0 Å². The van der Waals surface area contributed by atoms with Gasteiger partial charge in [0.05, 0.1) is 21.7 Å². The zero-order valence-corrected chi connectivity index (χ0v) is 13.5. The van der Waals surface area contributed by atoms with Crippen molar-refractivity contribution in [2.75, 3.05) is 12.3 Å². The number of carbonyl (C=O) groups excluding carboxylic acids is 1. The van der Waals surface area contributed by atoms with E-state index < -0.39 is 0 Å². The van der Waals surface area contributed by atoms with Crippen molar-refractivity contribution in [1.82, 2.24) is 4.90 Å². The van der Waals surface area contributed by atoms with Crippen molar-refractivity contribution < 1.29 is 4.79 Å². The molecule has 1 unspecified atom stereocenters. The lowest BCUT2D eigenvalue weighted by Crippen LogP contribution is -2.30. The van der Waals surface area contributed by atoms with Gasteiger partial charge in [0.2, 0.25) is 0 Å². The largest absolute Gasteiger partial charge is 0.399 e. The fourth-order valence-electron chi connectivity index (χ4n) is 2.74. The van der Waals surface area contributed by atoms with Gasteiger partial charge >= 0.3 is 0 Å². The van der Waals surface area contributed by atoms with Gasteiger partial charge in [-0.15, -0.1) is 0 Å². The lowest BCUT2D eigenvalue weighted by atomic mass is 10.1. The van der Waals surface area contributed by atoms with E-state index in [-0.39, 0.29) is 17.0 Å². The smallest absolute Gasteiger partial charge is 0.256 e. The molecular formula is C15H14Cl2N2OS. The van der Waals surface area contributed by atoms with Gasteiger partial charge < -0.3 is 10.6 Å². The van der Waals surface area contributed by atoms with Crippen molar-refractivity contribution in [1.29, 1.82) is 0 Å². The molecule has 1 amide bonds. The Morgan fingerprint density at radius 3 is 2.90 bits per heavy atom. The van der Waals surface area contributed by atoms with E-state index >= 15 is 0 Å². The van der Waals surface area contributed by atoms with E-state index in [4.69, 9.17) is 28.9 Å². The van der Waals surface area contributed by atoms with Gasteiger partial charge in [0.15, 0.2) is 0 Å². The second-order valence-corrected chi connectivity index (χ2v) is 6.64. The van der Waals surface area contributed by atoms with E-state index in [0.29, 0.717) is 16.3 Å². The summed E-state index contributed by atoms with van der Waals surface area (Å²) in [6, 6.07) is 5.33. The molecule has 1 aliphatic rings. The molecular weight excluding hydrogens is 327 g/mol. The van der Waals surface area contributed by atoms with Crippen LogP contribution in [0, 0.1) is 0 Å². The van der Waals surface area contributed by atoms with Crippen LogP contribution < -0.4 is 5.73 Å². The minimum atomic E-state index is -0.108. The fourth-order valence-corrected chi connectivity index (χ4v) is 3.87. The van der Waals surface area contributed by atoms with Crippen molar-refractivity contribution >= 4 is 46.1 Å². The average Bonchev–Trinajstić information content (AvgIpc) is 3.11. The minimum absolute atomic E-state index is 0.108. The van der Waals surface area contributed by atoms with Crippen LogP contribution in [0.3, 0.4) is 0 Å². The molecule has 1 saturated heterocycles. The van der Waals surface area contributed by atoms with E-state index in [9.17, 15) is 4.79 Å². The number of nitrogens with two attached hydrogens (primary N) is 1. The molecule has 1 fully saturated rings. The number of amides is 1. The third-order valence-corrected chi connectivity index (χ3v) is 5.23. The normalized spacial score (nSPS) is 18.2. The highest BCUT2D eigenvalue weighted by Gasteiger charge is 2.32. The zero-order valence-electron chi connectivity index (χ0n) is 11.2. The maximum Gasteiger partial charge on any atom is 0.256 e. The van der Waals surface area contributed by atoms with E-state index in [0.717, 1.165) is 19.4 Å². The van der Waals surface area contributed by atoms with Gasteiger partial charge in [-0.25, -0.2) is 0 Å². The predicted octanol–water partition coefficient (Wildman–Crippen LogP) is 4.61. The predicted molar refractivity (Wildman–Crippen MR) is 88.2 cm³/mol. The van der Waals surface area contributed by atoms with Crippen LogP contribution >= 0.6 is 34.5 Å². The highest BCUT2D eigenvalue weighted by atomic mass is 35.5. The number of nitrogen functional groups attached to an aromatic ring is 1. The van der Waals surface area contributed by atoms with Gasteiger partial charge in [0, 0.05) is 12.2 Å². The van der Waals surface area contributed by atoms with Gasteiger partial charge in [-0.1, -0.05) is 23.2 Å². The molecule has 0 radical (unpaired) electrons. The monoisotopic (exact) mass is 340 g/mol. The molecule has 21 heavy (non-hydrogen) atoms. The summed E-state index contributed by atoms with van der Waals surface area (Å²) in [5.41, 5.74) is 7.78. The first-order valence-corrected chi connectivity index (χ1v) is 8.35. The van der Waals surface area contributed by atoms with Crippen molar-refractivity contribution in [3.8, 4) is 0 Å². The SMILES string of the molecule is Nc1cc(Cl)c(Cl)c(C(=O)N2CCCC2c2ccsc2)c1. The Bertz CT molecular complexity index is 673. The van der Waals surface area contributed by atoms with Crippen LogP contribution in [-0.4, -0.2) is 17.4 Å². The maximum atomic E-state index is 12.8. The van der Waals surface area contributed by atoms with Crippen LogP contribution in [-0.2, 0) is 0 Å². The van der Waals surface area contributed by atoms with E-state index in [2.05, 4.69) is 11.4 Å². The highest BCUT2D eigenvalue weighted by molar-refractivity contribution is 7.08. The summed E-state index contributed by atoms with van der Waals surface area (Å²) in [6.07, 6.45) is 1.95. The number of likely N-dealkylation sites (tertiary alicyclic amines) is 1. The zero-order chi connectivity index (χ0) is 15.0. The molecule has 2 N–H and O–H groups in total. The number of rotatable bonds is 2. The minimum Gasteiger partial charge on any atom is -0.399 e. The van der Waals surface area contributed by atoms with Gasteiger partial charge in [0.1, 0.15) is 0 Å². The molecule has 110 valence electrons. The molecule has 1 atom stereocenters. The maximum absolute atomic E-state index is 12.8. The van der Waals surface area contributed by atoms with Crippen molar-refractivity contribution in [3.05, 3.63) is 50.1 Å². The molecule has 0 bridgehead atoms. The molecule has 2 heterocycles. The highest BCUT2D eigenvalue weighted by Crippen LogP contribution is 2.36. The molecule has 2 aromatic rings. The molecule has 3 rings (SSSR count). The summed E-state index contributed by atoms with van der Waals surface area (Å²) in [6.45, 7) is 0.724. The Kier molecular flexibility index (Phi) is 4.11. The molecule has 0 spiro atoms. The number of benzene rings is 1. The lowest BCUT2D eigenvalue weighted by Gasteiger charge is -2.25. The molecule has 0 saturated carbocycles. The molecule has 0 aliphatic carbocycles. The number of thiophene rings is 1. The van der Waals surface area contributed by atoms with Crippen LogP contribution in [0.25, 0.3) is 0 Å². The Labute approximate surface area is 137 Å². The van der Waals surface area contributed by atoms with Gasteiger partial charge in [-0.05, 0) is 47.4 Å². The van der Waals surface area contributed by atoms with Gasteiger partial charge in [-0.3, -0.25) is 4.79 Å². The second kappa shape index (κ2) is 5.87. The fraction of sp³-hybridized carbons (Fsp3) is 0.267. The van der Waals surface area contributed by atoms with E-state index in [1.165, 1.54) is 5.56 Å². The number of halogens is 2. The summed E-state index contributed by atoms with van der Waals surface area (Å²) in [5.74, 6) is -0.108. The van der Waals surface area contributed by atoms with Crippen LogP contribution in [0.4, 0.5) is 5.69 Å². The molecule has 1 aromatic carbocycles. The van der Waals surface area contributed by atoms with Crippen molar-refractivity contribution in [3.63, 3.8) is 0 Å². The topological polar surface area (TPSA) is 46.3 Å². The molecule has 6 heteroatoms. The number of nitrogens with zero attached hydrogens (tertiary/aromatic N) is 1. The van der Waals surface area contributed by atoms with E-state index in [1.807, 2.05) is 10.3 Å².